The minimum atomic E-state index is -1.17. The van der Waals surface area contributed by atoms with Crippen LogP contribution in [0.1, 0.15) is 20.7 Å². The first-order valence-electron chi connectivity index (χ1n) is 5.65. The van der Waals surface area contributed by atoms with Crippen LogP contribution in [0.25, 0.3) is 10.8 Å². The summed E-state index contributed by atoms with van der Waals surface area (Å²) >= 11 is 0. The second kappa shape index (κ2) is 5.33. The molecule has 5 heteroatoms. The van der Waals surface area contributed by atoms with E-state index in [4.69, 9.17) is 21.4 Å². The van der Waals surface area contributed by atoms with E-state index in [9.17, 15) is 9.59 Å². The summed E-state index contributed by atoms with van der Waals surface area (Å²) in [5.74, 6) is 0.0699. The first kappa shape index (κ1) is 13.4. The van der Waals surface area contributed by atoms with Crippen molar-refractivity contribution in [3.05, 3.63) is 41.5 Å². The largest absolute Gasteiger partial charge is 0.479 e. The molecule has 0 unspecified atom stereocenters. The van der Waals surface area contributed by atoms with Crippen molar-refractivity contribution in [2.24, 2.45) is 0 Å². The Labute approximate surface area is 114 Å². The summed E-state index contributed by atoms with van der Waals surface area (Å²) in [7, 11) is 0. The molecule has 2 aromatic carbocycles. The maximum atomic E-state index is 11.2. The van der Waals surface area contributed by atoms with E-state index in [0.717, 1.165) is 0 Å². The van der Waals surface area contributed by atoms with Gasteiger partial charge in [0.15, 0.2) is 0 Å². The normalized spacial score (nSPS) is 9.95. The first-order valence-corrected chi connectivity index (χ1v) is 5.65. The van der Waals surface area contributed by atoms with E-state index >= 15 is 0 Å². The molecule has 0 aromatic heterocycles. The lowest BCUT2D eigenvalue weighted by Gasteiger charge is -2.11. The van der Waals surface area contributed by atoms with E-state index < -0.39 is 11.9 Å². The van der Waals surface area contributed by atoms with E-state index in [1.54, 1.807) is 6.07 Å². The molecule has 2 rings (SSSR count). The SMILES string of the molecule is C#CCOc1c(C(=O)O)ccc2c(C(=O)O)cccc12. The van der Waals surface area contributed by atoms with E-state index in [0.29, 0.717) is 10.8 Å². The number of hydrogen-bond donors (Lipinski definition) is 2. The highest BCUT2D eigenvalue weighted by Crippen LogP contribution is 2.32. The van der Waals surface area contributed by atoms with E-state index in [1.807, 2.05) is 0 Å². The minimum Gasteiger partial charge on any atom is -0.479 e. The molecule has 0 saturated carbocycles. The van der Waals surface area contributed by atoms with Crippen molar-refractivity contribution in [3.8, 4) is 18.1 Å². The molecule has 100 valence electrons. The monoisotopic (exact) mass is 270 g/mol. The van der Waals surface area contributed by atoms with Crippen LogP contribution < -0.4 is 4.74 Å². The molecule has 5 nitrogen and oxygen atoms in total. The molecule has 0 aliphatic rings. The van der Waals surface area contributed by atoms with Gasteiger partial charge in [0.25, 0.3) is 0 Å². The molecule has 2 N–H and O–H groups in total. The summed E-state index contributed by atoms with van der Waals surface area (Å²) in [6, 6.07) is 7.32. The van der Waals surface area contributed by atoms with E-state index in [2.05, 4.69) is 5.92 Å². The number of carboxylic acid groups (broad SMARTS) is 2. The highest BCUT2D eigenvalue weighted by atomic mass is 16.5. The predicted octanol–water partition coefficient (Wildman–Crippen LogP) is 2.25. The number of hydrogen-bond acceptors (Lipinski definition) is 3. The maximum absolute atomic E-state index is 11.2. The van der Waals surface area contributed by atoms with Crippen molar-refractivity contribution in [1.29, 1.82) is 0 Å². The molecule has 0 radical (unpaired) electrons. The van der Waals surface area contributed by atoms with Gasteiger partial charge in [0.2, 0.25) is 0 Å². The Hall–Kier alpha value is -3.00. The third kappa shape index (κ3) is 2.27. The molecule has 0 aliphatic heterocycles. The van der Waals surface area contributed by atoms with Gasteiger partial charge in [-0.3, -0.25) is 0 Å². The van der Waals surface area contributed by atoms with Crippen LogP contribution in [0, 0.1) is 12.3 Å². The number of ether oxygens (including phenoxy) is 1. The van der Waals surface area contributed by atoms with Crippen molar-refractivity contribution in [3.63, 3.8) is 0 Å². The molecular weight excluding hydrogens is 260 g/mol. The highest BCUT2D eigenvalue weighted by Gasteiger charge is 2.17. The van der Waals surface area contributed by atoms with Crippen LogP contribution in [0.2, 0.25) is 0 Å². The minimum absolute atomic E-state index is 0.0599. The van der Waals surface area contributed by atoms with Gasteiger partial charge in [-0.1, -0.05) is 24.1 Å². The van der Waals surface area contributed by atoms with Gasteiger partial charge in [0.05, 0.1) is 5.56 Å². The summed E-state index contributed by atoms with van der Waals surface area (Å²) in [6.07, 6.45) is 5.11. The number of benzene rings is 2. The molecule has 0 bridgehead atoms. The Bertz CT molecular complexity index is 740. The first-order chi connectivity index (χ1) is 9.56. The molecular formula is C15H10O5. The number of terminal acetylenes is 1. The lowest BCUT2D eigenvalue weighted by atomic mass is 10.0. The van der Waals surface area contributed by atoms with Gasteiger partial charge in [-0.25, -0.2) is 9.59 Å². The van der Waals surface area contributed by atoms with Gasteiger partial charge >= 0.3 is 11.9 Å². The van der Waals surface area contributed by atoms with Gasteiger partial charge in [0, 0.05) is 5.39 Å². The Morgan fingerprint density at radius 1 is 1.05 bits per heavy atom. The predicted molar refractivity (Wildman–Crippen MR) is 72.2 cm³/mol. The maximum Gasteiger partial charge on any atom is 0.339 e. The number of carboxylic acids is 2. The lowest BCUT2D eigenvalue weighted by molar-refractivity contribution is 0.0686. The van der Waals surface area contributed by atoms with Gasteiger partial charge in [0.1, 0.15) is 17.9 Å². The summed E-state index contributed by atoms with van der Waals surface area (Å²) in [5, 5.41) is 19.1. The fraction of sp³-hybridized carbons (Fsp3) is 0.0667. The van der Waals surface area contributed by atoms with Crippen molar-refractivity contribution in [2.45, 2.75) is 0 Å². The molecule has 0 spiro atoms. The van der Waals surface area contributed by atoms with Gasteiger partial charge in [-0.05, 0) is 17.5 Å². The Balaban J connectivity index is 2.78. The van der Waals surface area contributed by atoms with Crippen molar-refractivity contribution >= 4 is 22.7 Å². The summed E-state index contributed by atoms with van der Waals surface area (Å²) in [5.41, 5.74) is 0.0142. The fourth-order valence-corrected chi connectivity index (χ4v) is 1.95. The van der Waals surface area contributed by atoms with Crippen molar-refractivity contribution < 1.29 is 24.5 Å². The van der Waals surface area contributed by atoms with Gasteiger partial charge < -0.3 is 14.9 Å². The van der Waals surface area contributed by atoms with Crippen LogP contribution >= 0.6 is 0 Å². The third-order valence-corrected chi connectivity index (χ3v) is 2.77. The number of carbonyl (C=O) groups is 2. The Morgan fingerprint density at radius 2 is 1.75 bits per heavy atom. The van der Waals surface area contributed by atoms with Gasteiger partial charge in [-0.2, -0.15) is 0 Å². The smallest absolute Gasteiger partial charge is 0.339 e. The number of aromatic carboxylic acids is 2. The average Bonchev–Trinajstić information content (AvgIpc) is 2.43. The summed E-state index contributed by atoms with van der Waals surface area (Å²) in [4.78, 5) is 22.4. The van der Waals surface area contributed by atoms with Crippen LogP contribution in [0.15, 0.2) is 30.3 Å². The zero-order valence-corrected chi connectivity index (χ0v) is 10.3. The zero-order valence-electron chi connectivity index (χ0n) is 10.3. The van der Waals surface area contributed by atoms with Gasteiger partial charge in [-0.15, -0.1) is 6.42 Å². The lowest BCUT2D eigenvalue weighted by Crippen LogP contribution is -2.05. The van der Waals surface area contributed by atoms with Crippen LogP contribution in [-0.4, -0.2) is 28.8 Å². The average molecular weight is 270 g/mol. The molecule has 0 fully saturated rings. The number of rotatable bonds is 4. The van der Waals surface area contributed by atoms with E-state index in [1.165, 1.54) is 24.3 Å². The van der Waals surface area contributed by atoms with Crippen molar-refractivity contribution in [1.82, 2.24) is 0 Å². The van der Waals surface area contributed by atoms with Crippen LogP contribution in [-0.2, 0) is 0 Å². The van der Waals surface area contributed by atoms with Crippen LogP contribution in [0.5, 0.6) is 5.75 Å². The van der Waals surface area contributed by atoms with Crippen molar-refractivity contribution in [2.75, 3.05) is 6.61 Å². The Kier molecular flexibility index (Phi) is 3.58. The zero-order chi connectivity index (χ0) is 14.7. The molecule has 0 aliphatic carbocycles. The standard InChI is InChI=1S/C15H10O5/c1-2-8-20-13-10-4-3-5-11(14(16)17)9(10)6-7-12(13)15(18)19/h1,3-7H,8H2,(H,16,17)(H,18,19). The van der Waals surface area contributed by atoms with Crippen LogP contribution in [0.3, 0.4) is 0 Å². The summed E-state index contributed by atoms with van der Waals surface area (Å²) < 4.78 is 5.29. The molecule has 0 heterocycles. The molecule has 0 saturated heterocycles. The fourth-order valence-electron chi connectivity index (χ4n) is 1.95. The molecule has 0 atom stereocenters. The Morgan fingerprint density at radius 3 is 2.35 bits per heavy atom. The molecule has 2 aromatic rings. The number of fused-ring (bicyclic) bond motifs is 1. The third-order valence-electron chi connectivity index (χ3n) is 2.77. The van der Waals surface area contributed by atoms with E-state index in [-0.39, 0.29) is 23.5 Å². The highest BCUT2D eigenvalue weighted by molar-refractivity contribution is 6.08. The molecule has 20 heavy (non-hydrogen) atoms. The summed E-state index contributed by atoms with van der Waals surface area (Å²) in [6.45, 7) is -0.101. The second-order valence-corrected chi connectivity index (χ2v) is 3.95. The molecule has 0 amide bonds. The van der Waals surface area contributed by atoms with Crippen LogP contribution in [0.4, 0.5) is 0 Å². The second-order valence-electron chi connectivity index (χ2n) is 3.95. The topological polar surface area (TPSA) is 83.8 Å². The quantitative estimate of drug-likeness (QED) is 0.832.